The van der Waals surface area contributed by atoms with Gasteiger partial charge in [-0.1, -0.05) is 38.1 Å². The number of nitrogens with one attached hydrogen (secondary N) is 1. The summed E-state index contributed by atoms with van der Waals surface area (Å²) in [5.41, 5.74) is 1.96. The molecule has 0 aliphatic carbocycles. The highest BCUT2D eigenvalue weighted by Crippen LogP contribution is 2.31. The zero-order valence-electron chi connectivity index (χ0n) is 20.4. The Bertz CT molecular complexity index is 1250. The number of carbonyl (C=O) groups is 2. The molecule has 202 valence electrons. The van der Waals surface area contributed by atoms with Crippen molar-refractivity contribution in [2.45, 2.75) is 50.5 Å². The lowest BCUT2D eigenvalue weighted by atomic mass is 10.0. The number of ether oxygens (including phenoxy) is 1. The van der Waals surface area contributed by atoms with Crippen molar-refractivity contribution in [2.75, 3.05) is 19.6 Å². The molecule has 1 saturated heterocycles. The van der Waals surface area contributed by atoms with Crippen LogP contribution in [0.4, 0.5) is 13.2 Å². The molecular formula is C24H27F3IN3O5S. The van der Waals surface area contributed by atoms with Crippen LogP contribution in [0.3, 0.4) is 0 Å². The van der Waals surface area contributed by atoms with E-state index in [0.29, 0.717) is 5.92 Å². The number of carbonyl (C=O) groups excluding carboxylic acids is 2. The second-order valence-electron chi connectivity index (χ2n) is 8.85. The number of amides is 2. The fourth-order valence-corrected chi connectivity index (χ4v) is 6.30. The largest absolute Gasteiger partial charge is 0.573 e. The number of alkyl halides is 3. The first-order chi connectivity index (χ1) is 17.2. The van der Waals surface area contributed by atoms with Gasteiger partial charge in [0.15, 0.2) is 0 Å². The Labute approximate surface area is 227 Å². The summed E-state index contributed by atoms with van der Waals surface area (Å²) in [5, 5.41) is 2.75. The summed E-state index contributed by atoms with van der Waals surface area (Å²) in [6.45, 7) is 5.38. The topological polar surface area (TPSA) is 96.0 Å². The molecule has 0 radical (unpaired) electrons. The van der Waals surface area contributed by atoms with E-state index in [0.717, 1.165) is 33.6 Å². The van der Waals surface area contributed by atoms with E-state index in [1.54, 1.807) is 22.6 Å². The standard InChI is InChI=1S/C24H27F3IN3O5S/c1-15(2)18-6-4-17(5-7-18)13-29-23(33)21-14-30(16(3)32)10-11-31(21)37(34,35)19-8-9-22(20(28)12-19)36-24(25,26)27/h4-9,12,15,21H,10-11,13-14H2,1-3H3,(H,29,33)/t21-/m1/s1. The SMILES string of the molecule is CC(=O)N1CCN(S(=O)(=O)c2ccc(OC(F)(F)F)c(I)c2)[C@@H](C(=O)NCc2ccc(C(C)C)cc2)C1. The van der Waals surface area contributed by atoms with Crippen LogP contribution >= 0.6 is 22.6 Å². The van der Waals surface area contributed by atoms with E-state index in [1.165, 1.54) is 11.8 Å². The normalized spacial score (nSPS) is 17.1. The molecule has 0 unspecified atom stereocenters. The molecule has 0 bridgehead atoms. The molecule has 2 aromatic rings. The highest BCUT2D eigenvalue weighted by molar-refractivity contribution is 14.1. The fraction of sp³-hybridized carbons (Fsp3) is 0.417. The Hall–Kier alpha value is -2.39. The van der Waals surface area contributed by atoms with Crippen LogP contribution in [0, 0.1) is 3.57 Å². The predicted octanol–water partition coefficient (Wildman–Crippen LogP) is 3.85. The van der Waals surface area contributed by atoms with Crippen molar-refractivity contribution in [2.24, 2.45) is 0 Å². The minimum absolute atomic E-state index is 0.0655. The van der Waals surface area contributed by atoms with Crippen molar-refractivity contribution < 1.29 is 35.9 Å². The molecule has 2 aromatic carbocycles. The van der Waals surface area contributed by atoms with Gasteiger partial charge >= 0.3 is 6.36 Å². The molecule has 1 fully saturated rings. The van der Waals surface area contributed by atoms with E-state index in [2.05, 4.69) is 23.9 Å². The van der Waals surface area contributed by atoms with Crippen molar-refractivity contribution in [3.63, 3.8) is 0 Å². The van der Waals surface area contributed by atoms with Crippen LogP contribution in [-0.2, 0) is 26.2 Å². The predicted molar refractivity (Wildman–Crippen MR) is 138 cm³/mol. The minimum atomic E-state index is -4.93. The van der Waals surface area contributed by atoms with Gasteiger partial charge in [0.1, 0.15) is 11.8 Å². The first-order valence-corrected chi connectivity index (χ1v) is 13.9. The van der Waals surface area contributed by atoms with Crippen LogP contribution in [0.25, 0.3) is 0 Å². The average Bonchev–Trinajstić information content (AvgIpc) is 2.82. The summed E-state index contributed by atoms with van der Waals surface area (Å²) in [7, 11) is -4.29. The highest BCUT2D eigenvalue weighted by Gasteiger charge is 2.41. The van der Waals surface area contributed by atoms with E-state index >= 15 is 0 Å². The molecule has 0 aromatic heterocycles. The first-order valence-electron chi connectivity index (χ1n) is 11.4. The molecule has 1 aliphatic rings. The zero-order chi connectivity index (χ0) is 27.5. The number of hydrogen-bond donors (Lipinski definition) is 1. The maximum atomic E-state index is 13.5. The zero-order valence-corrected chi connectivity index (χ0v) is 23.4. The smallest absolute Gasteiger partial charge is 0.405 e. The van der Waals surface area contributed by atoms with Crippen LogP contribution in [0.1, 0.15) is 37.8 Å². The number of hydrogen-bond acceptors (Lipinski definition) is 5. The van der Waals surface area contributed by atoms with Crippen molar-refractivity contribution in [1.29, 1.82) is 0 Å². The number of nitrogens with zero attached hydrogens (tertiary/aromatic N) is 2. The molecule has 3 rings (SSSR count). The number of sulfonamides is 1. The summed E-state index contributed by atoms with van der Waals surface area (Å²) in [5.74, 6) is -1.08. The van der Waals surface area contributed by atoms with Crippen molar-refractivity contribution in [1.82, 2.24) is 14.5 Å². The van der Waals surface area contributed by atoms with Gasteiger partial charge in [0.05, 0.1) is 8.47 Å². The lowest BCUT2D eigenvalue weighted by Crippen LogP contribution is -2.61. The van der Waals surface area contributed by atoms with Gasteiger partial charge in [-0.25, -0.2) is 8.42 Å². The molecular weight excluding hydrogens is 626 g/mol. The van der Waals surface area contributed by atoms with Gasteiger partial charge in [0, 0.05) is 33.1 Å². The average molecular weight is 653 g/mol. The molecule has 8 nitrogen and oxygen atoms in total. The van der Waals surface area contributed by atoms with Crippen LogP contribution in [0.2, 0.25) is 0 Å². The maximum absolute atomic E-state index is 13.5. The number of benzene rings is 2. The summed E-state index contributed by atoms with van der Waals surface area (Å²) in [4.78, 5) is 26.3. The number of piperazine rings is 1. The lowest BCUT2D eigenvalue weighted by Gasteiger charge is -2.39. The van der Waals surface area contributed by atoms with Crippen LogP contribution in [-0.4, -0.2) is 61.5 Å². The molecule has 2 amide bonds. The Morgan fingerprint density at radius 2 is 1.78 bits per heavy atom. The van der Waals surface area contributed by atoms with Gasteiger partial charge in [0.25, 0.3) is 0 Å². The minimum Gasteiger partial charge on any atom is -0.405 e. The quantitative estimate of drug-likeness (QED) is 0.459. The molecule has 37 heavy (non-hydrogen) atoms. The fourth-order valence-electron chi connectivity index (χ4n) is 3.87. The third-order valence-corrected chi connectivity index (χ3v) is 8.68. The Kier molecular flexibility index (Phi) is 9.11. The van der Waals surface area contributed by atoms with Gasteiger partial charge < -0.3 is 15.0 Å². The molecule has 1 atom stereocenters. The van der Waals surface area contributed by atoms with E-state index in [9.17, 15) is 31.2 Å². The van der Waals surface area contributed by atoms with E-state index in [1.807, 2.05) is 24.3 Å². The number of rotatable bonds is 7. The van der Waals surface area contributed by atoms with Gasteiger partial charge in [0.2, 0.25) is 21.8 Å². The molecule has 1 aliphatic heterocycles. The Morgan fingerprint density at radius 1 is 1.14 bits per heavy atom. The molecule has 0 spiro atoms. The van der Waals surface area contributed by atoms with Crippen molar-refractivity contribution in [3.8, 4) is 5.75 Å². The Balaban J connectivity index is 1.84. The second kappa shape index (κ2) is 11.6. The monoisotopic (exact) mass is 653 g/mol. The van der Waals surface area contributed by atoms with Gasteiger partial charge in [-0.15, -0.1) is 13.2 Å². The highest BCUT2D eigenvalue weighted by atomic mass is 127. The van der Waals surface area contributed by atoms with Gasteiger partial charge in [-0.05, 0) is 57.8 Å². The second-order valence-corrected chi connectivity index (χ2v) is 11.9. The third kappa shape index (κ3) is 7.35. The van der Waals surface area contributed by atoms with E-state index < -0.39 is 34.1 Å². The van der Waals surface area contributed by atoms with Gasteiger partial charge in [-0.2, -0.15) is 4.31 Å². The Morgan fingerprint density at radius 3 is 2.32 bits per heavy atom. The van der Waals surface area contributed by atoms with E-state index in [4.69, 9.17) is 0 Å². The van der Waals surface area contributed by atoms with Crippen LogP contribution < -0.4 is 10.1 Å². The van der Waals surface area contributed by atoms with Crippen LogP contribution in [0.5, 0.6) is 5.75 Å². The molecule has 1 heterocycles. The van der Waals surface area contributed by atoms with Gasteiger partial charge in [-0.3, -0.25) is 9.59 Å². The van der Waals surface area contributed by atoms with Crippen molar-refractivity contribution >= 4 is 44.4 Å². The molecule has 13 heteroatoms. The molecule has 1 N–H and O–H groups in total. The summed E-state index contributed by atoms with van der Waals surface area (Å²) in [6, 6.07) is 9.41. The van der Waals surface area contributed by atoms with E-state index in [-0.39, 0.29) is 40.6 Å². The number of halogens is 4. The maximum Gasteiger partial charge on any atom is 0.573 e. The lowest BCUT2D eigenvalue weighted by molar-refractivity contribution is -0.275. The molecule has 0 saturated carbocycles. The summed E-state index contributed by atoms with van der Waals surface area (Å²) < 4.78 is 69.6. The van der Waals surface area contributed by atoms with Crippen molar-refractivity contribution in [3.05, 3.63) is 57.2 Å². The van der Waals surface area contributed by atoms with Crippen LogP contribution in [0.15, 0.2) is 47.4 Å². The third-order valence-electron chi connectivity index (χ3n) is 5.93. The summed E-state index contributed by atoms with van der Waals surface area (Å²) in [6.07, 6.45) is -4.93. The first kappa shape index (κ1) is 29.2. The summed E-state index contributed by atoms with van der Waals surface area (Å²) >= 11 is 1.55.